The van der Waals surface area contributed by atoms with Crippen LogP contribution in [-0.2, 0) is 12.7 Å². The largest absolute Gasteiger partial charge is 0.416 e. The van der Waals surface area contributed by atoms with Crippen LogP contribution in [0.1, 0.15) is 43.2 Å². The van der Waals surface area contributed by atoms with E-state index in [1.165, 1.54) is 37.8 Å². The van der Waals surface area contributed by atoms with Gasteiger partial charge < -0.3 is 5.11 Å². The number of aliphatic hydroxyl groups excluding tert-OH is 1. The molecule has 0 radical (unpaired) electrons. The summed E-state index contributed by atoms with van der Waals surface area (Å²) in [6, 6.07) is 6.54. The maximum atomic E-state index is 12.9. The van der Waals surface area contributed by atoms with Crippen molar-refractivity contribution in [1.82, 2.24) is 9.80 Å². The third-order valence-corrected chi connectivity index (χ3v) is 5.53. The number of hydrogen-bond acceptors (Lipinski definition) is 3. The van der Waals surface area contributed by atoms with E-state index < -0.39 is 11.7 Å². The second kappa shape index (κ2) is 8.06. The fourth-order valence-electron chi connectivity index (χ4n) is 4.30. The van der Waals surface area contributed by atoms with Gasteiger partial charge in [0, 0.05) is 44.9 Å². The average Bonchev–Trinajstić information content (AvgIpc) is 3.09. The Morgan fingerprint density at radius 1 is 1.12 bits per heavy atom. The Bertz CT molecular complexity index is 558. The van der Waals surface area contributed by atoms with E-state index in [0.717, 1.165) is 32.1 Å². The predicted octanol–water partition coefficient (Wildman–Crippen LogP) is 3.52. The van der Waals surface area contributed by atoms with Crippen molar-refractivity contribution < 1.29 is 18.3 Å². The lowest BCUT2D eigenvalue weighted by atomic mass is 10.0. The number of hydrogen-bond donors (Lipinski definition) is 1. The Morgan fingerprint density at radius 2 is 1.88 bits per heavy atom. The summed E-state index contributed by atoms with van der Waals surface area (Å²) in [5.41, 5.74) is 0.119. The number of rotatable bonds is 5. The molecular formula is C19H27F3N2O. The first-order valence-electron chi connectivity index (χ1n) is 9.22. The Balaban J connectivity index is 1.64. The number of piperazine rings is 1. The van der Waals surface area contributed by atoms with E-state index in [0.29, 0.717) is 24.2 Å². The molecule has 0 amide bonds. The zero-order valence-electron chi connectivity index (χ0n) is 14.5. The van der Waals surface area contributed by atoms with E-state index in [1.807, 2.05) is 0 Å². The third-order valence-electron chi connectivity index (χ3n) is 5.53. The Hall–Kier alpha value is -1.11. The molecule has 6 heteroatoms. The maximum absolute atomic E-state index is 12.9. The van der Waals surface area contributed by atoms with Gasteiger partial charge in [-0.2, -0.15) is 13.2 Å². The van der Waals surface area contributed by atoms with E-state index in [2.05, 4.69) is 9.80 Å². The summed E-state index contributed by atoms with van der Waals surface area (Å²) < 4.78 is 38.7. The molecule has 25 heavy (non-hydrogen) atoms. The molecule has 0 bridgehead atoms. The lowest BCUT2D eigenvalue weighted by molar-refractivity contribution is -0.137. The predicted molar refractivity (Wildman–Crippen MR) is 91.2 cm³/mol. The molecule has 1 aromatic rings. The summed E-state index contributed by atoms with van der Waals surface area (Å²) in [6.45, 7) is 3.31. The van der Waals surface area contributed by atoms with E-state index in [1.54, 1.807) is 6.07 Å². The second-order valence-corrected chi connectivity index (χ2v) is 7.28. The van der Waals surface area contributed by atoms with Gasteiger partial charge in [0.15, 0.2) is 0 Å². The van der Waals surface area contributed by atoms with Crippen molar-refractivity contribution in [3.8, 4) is 0 Å². The van der Waals surface area contributed by atoms with Crippen molar-refractivity contribution in [2.24, 2.45) is 0 Å². The van der Waals surface area contributed by atoms with Crippen LogP contribution >= 0.6 is 0 Å². The van der Waals surface area contributed by atoms with Gasteiger partial charge >= 0.3 is 6.18 Å². The van der Waals surface area contributed by atoms with Gasteiger partial charge in [0.2, 0.25) is 0 Å². The lowest BCUT2D eigenvalue weighted by Crippen LogP contribution is -2.56. The molecule has 1 saturated carbocycles. The summed E-state index contributed by atoms with van der Waals surface area (Å²) in [4.78, 5) is 4.76. The van der Waals surface area contributed by atoms with Crippen LogP contribution in [0, 0.1) is 0 Å². The summed E-state index contributed by atoms with van der Waals surface area (Å²) in [7, 11) is 0. The van der Waals surface area contributed by atoms with Crippen LogP contribution in [0.15, 0.2) is 24.3 Å². The van der Waals surface area contributed by atoms with Gasteiger partial charge in [-0.1, -0.05) is 31.0 Å². The first-order chi connectivity index (χ1) is 12.0. The topological polar surface area (TPSA) is 26.7 Å². The van der Waals surface area contributed by atoms with Crippen LogP contribution < -0.4 is 0 Å². The van der Waals surface area contributed by atoms with Crippen LogP contribution in [0.4, 0.5) is 13.2 Å². The van der Waals surface area contributed by atoms with Crippen LogP contribution in [0.25, 0.3) is 0 Å². The summed E-state index contributed by atoms with van der Waals surface area (Å²) in [5, 5.41) is 9.41. The van der Waals surface area contributed by atoms with Crippen molar-refractivity contribution in [2.45, 2.75) is 56.9 Å². The summed E-state index contributed by atoms with van der Waals surface area (Å²) in [5.74, 6) is 0. The molecule has 1 aliphatic carbocycles. The molecule has 1 heterocycles. The number of aliphatic hydroxyl groups is 1. The van der Waals surface area contributed by atoms with Gasteiger partial charge in [0.1, 0.15) is 0 Å². The van der Waals surface area contributed by atoms with Crippen LogP contribution in [0.2, 0.25) is 0 Å². The molecule has 2 fully saturated rings. The van der Waals surface area contributed by atoms with Gasteiger partial charge in [-0.15, -0.1) is 0 Å². The van der Waals surface area contributed by atoms with E-state index in [4.69, 9.17) is 0 Å². The van der Waals surface area contributed by atoms with Crippen LogP contribution in [-0.4, -0.2) is 53.2 Å². The highest BCUT2D eigenvalue weighted by molar-refractivity contribution is 5.25. The van der Waals surface area contributed by atoms with E-state index >= 15 is 0 Å². The molecular weight excluding hydrogens is 329 g/mol. The highest BCUT2D eigenvalue weighted by atomic mass is 19.4. The van der Waals surface area contributed by atoms with Gasteiger partial charge in [0.05, 0.1) is 5.56 Å². The number of alkyl halides is 3. The van der Waals surface area contributed by atoms with Crippen molar-refractivity contribution in [2.75, 3.05) is 26.2 Å². The molecule has 3 rings (SSSR count). The third kappa shape index (κ3) is 4.74. The maximum Gasteiger partial charge on any atom is 0.416 e. The first kappa shape index (κ1) is 18.7. The molecule has 1 aromatic carbocycles. The standard InChI is InChI=1S/C19H27F3N2O/c20-19(21,22)16-5-3-4-15(12-16)13-23-9-10-24(17-6-1-2-7-17)18(14-23)8-11-25/h3-5,12,17-18,25H,1-2,6-11,13-14H2/t18-/m1/s1. The fraction of sp³-hybridized carbons (Fsp3) is 0.684. The quantitative estimate of drug-likeness (QED) is 0.875. The number of nitrogens with zero attached hydrogens (tertiary/aromatic N) is 2. The molecule has 2 aliphatic rings. The molecule has 3 nitrogen and oxygen atoms in total. The van der Waals surface area contributed by atoms with E-state index in [-0.39, 0.29) is 6.61 Å². The molecule has 0 spiro atoms. The summed E-state index contributed by atoms with van der Waals surface area (Å²) in [6.07, 6.45) is 1.46. The zero-order chi connectivity index (χ0) is 17.9. The number of halogens is 3. The van der Waals surface area contributed by atoms with Crippen molar-refractivity contribution in [3.05, 3.63) is 35.4 Å². The monoisotopic (exact) mass is 356 g/mol. The highest BCUT2D eigenvalue weighted by Gasteiger charge is 2.33. The Morgan fingerprint density at radius 3 is 2.56 bits per heavy atom. The molecule has 1 saturated heterocycles. The van der Waals surface area contributed by atoms with Gasteiger partial charge in [0.25, 0.3) is 0 Å². The average molecular weight is 356 g/mol. The van der Waals surface area contributed by atoms with E-state index in [9.17, 15) is 18.3 Å². The van der Waals surface area contributed by atoms with Crippen molar-refractivity contribution >= 4 is 0 Å². The van der Waals surface area contributed by atoms with Gasteiger partial charge in [-0.25, -0.2) is 0 Å². The minimum Gasteiger partial charge on any atom is -0.396 e. The second-order valence-electron chi connectivity index (χ2n) is 7.28. The minimum atomic E-state index is -4.30. The Labute approximate surface area is 147 Å². The highest BCUT2D eigenvalue weighted by Crippen LogP contribution is 2.31. The SMILES string of the molecule is OCC[C@@H]1CN(Cc2cccc(C(F)(F)F)c2)CCN1C1CCCC1. The van der Waals surface area contributed by atoms with Crippen LogP contribution in [0.5, 0.6) is 0 Å². The number of benzene rings is 1. The molecule has 1 aliphatic heterocycles. The van der Waals surface area contributed by atoms with Crippen molar-refractivity contribution in [3.63, 3.8) is 0 Å². The van der Waals surface area contributed by atoms with Crippen LogP contribution in [0.3, 0.4) is 0 Å². The zero-order valence-corrected chi connectivity index (χ0v) is 14.5. The molecule has 0 aromatic heterocycles. The lowest BCUT2D eigenvalue weighted by Gasteiger charge is -2.44. The molecule has 1 N–H and O–H groups in total. The minimum absolute atomic E-state index is 0.158. The fourth-order valence-corrected chi connectivity index (χ4v) is 4.30. The first-order valence-corrected chi connectivity index (χ1v) is 9.22. The van der Waals surface area contributed by atoms with Crippen molar-refractivity contribution in [1.29, 1.82) is 0 Å². The Kier molecular flexibility index (Phi) is 6.02. The normalized spacial score (nSPS) is 24.1. The molecule has 1 atom stereocenters. The van der Waals surface area contributed by atoms with Gasteiger partial charge in [-0.05, 0) is 30.9 Å². The smallest absolute Gasteiger partial charge is 0.396 e. The summed E-state index contributed by atoms with van der Waals surface area (Å²) >= 11 is 0. The molecule has 0 unspecified atom stereocenters. The molecule has 140 valence electrons. The van der Waals surface area contributed by atoms with Gasteiger partial charge in [-0.3, -0.25) is 9.80 Å².